The van der Waals surface area contributed by atoms with Crippen LogP contribution in [0.2, 0.25) is 0 Å². The maximum atomic E-state index is 12.2. The standard InChI is InChI=1S/C17H18N2O4S/c1-4-19(11(2)20)17-18-13(10-24-17)6-8-14(21)12-5-7-15(22)16(9-12)23-3/h5-10,22H,4H2,1-3H3/b8-6+. The van der Waals surface area contributed by atoms with E-state index in [0.717, 1.165) is 0 Å². The molecule has 0 aliphatic rings. The van der Waals surface area contributed by atoms with Gasteiger partial charge in [-0.15, -0.1) is 11.3 Å². The van der Waals surface area contributed by atoms with Crippen molar-refractivity contribution in [3.8, 4) is 11.5 Å². The average molecular weight is 346 g/mol. The fourth-order valence-corrected chi connectivity index (χ4v) is 2.96. The first-order valence-electron chi connectivity index (χ1n) is 7.29. The number of amides is 1. The fraction of sp³-hybridized carbons (Fsp3) is 0.235. The summed E-state index contributed by atoms with van der Waals surface area (Å²) in [5.74, 6) is -0.0901. The molecule has 1 N–H and O–H groups in total. The minimum absolute atomic E-state index is 0.0222. The Kier molecular flexibility index (Phi) is 5.70. The number of allylic oxidation sites excluding steroid dienone is 1. The van der Waals surface area contributed by atoms with Gasteiger partial charge in [-0.05, 0) is 37.3 Å². The van der Waals surface area contributed by atoms with Gasteiger partial charge in [0.2, 0.25) is 5.91 Å². The molecule has 1 amide bonds. The van der Waals surface area contributed by atoms with Crippen molar-refractivity contribution in [3.63, 3.8) is 0 Å². The van der Waals surface area contributed by atoms with Crippen molar-refractivity contribution in [2.24, 2.45) is 0 Å². The van der Waals surface area contributed by atoms with Gasteiger partial charge in [-0.1, -0.05) is 0 Å². The van der Waals surface area contributed by atoms with Crippen molar-refractivity contribution in [3.05, 3.63) is 40.9 Å². The lowest BCUT2D eigenvalue weighted by Crippen LogP contribution is -2.27. The highest BCUT2D eigenvalue weighted by Gasteiger charge is 2.13. The number of phenolic OH excluding ortho intramolecular Hbond substituents is 1. The van der Waals surface area contributed by atoms with Gasteiger partial charge in [0.25, 0.3) is 0 Å². The lowest BCUT2D eigenvalue weighted by molar-refractivity contribution is -0.116. The van der Waals surface area contributed by atoms with E-state index in [1.165, 1.54) is 49.6 Å². The van der Waals surface area contributed by atoms with Gasteiger partial charge in [0.05, 0.1) is 12.8 Å². The first kappa shape index (κ1) is 17.7. The molecule has 0 bridgehead atoms. The number of phenols is 1. The van der Waals surface area contributed by atoms with Crippen LogP contribution in [0.4, 0.5) is 5.13 Å². The second-order valence-corrected chi connectivity index (χ2v) is 5.74. The Bertz CT molecular complexity index is 783. The number of aromatic hydroxyl groups is 1. The van der Waals surface area contributed by atoms with E-state index < -0.39 is 0 Å². The molecule has 2 aromatic rings. The van der Waals surface area contributed by atoms with Crippen molar-refractivity contribution in [2.45, 2.75) is 13.8 Å². The number of thiazole rings is 1. The number of benzene rings is 1. The van der Waals surface area contributed by atoms with Gasteiger partial charge >= 0.3 is 0 Å². The van der Waals surface area contributed by atoms with Crippen LogP contribution in [0.5, 0.6) is 11.5 Å². The summed E-state index contributed by atoms with van der Waals surface area (Å²) >= 11 is 1.34. The molecule has 0 spiro atoms. The second-order valence-electron chi connectivity index (χ2n) is 4.90. The van der Waals surface area contributed by atoms with Gasteiger partial charge in [-0.2, -0.15) is 0 Å². The minimum Gasteiger partial charge on any atom is -0.504 e. The predicted octanol–water partition coefficient (Wildman–Crippen LogP) is 3.13. The third-order valence-corrected chi connectivity index (χ3v) is 4.19. The van der Waals surface area contributed by atoms with Crippen LogP contribution < -0.4 is 9.64 Å². The second kappa shape index (κ2) is 7.74. The summed E-state index contributed by atoms with van der Waals surface area (Å²) in [6.07, 6.45) is 2.99. The highest BCUT2D eigenvalue weighted by molar-refractivity contribution is 7.14. The highest BCUT2D eigenvalue weighted by Crippen LogP contribution is 2.27. The summed E-state index contributed by atoms with van der Waals surface area (Å²) in [5.41, 5.74) is 1.00. The van der Waals surface area contributed by atoms with E-state index in [2.05, 4.69) is 4.98 Å². The summed E-state index contributed by atoms with van der Waals surface area (Å²) < 4.78 is 4.99. The third kappa shape index (κ3) is 3.99. The molecular formula is C17H18N2O4S. The maximum absolute atomic E-state index is 12.2. The Hall–Kier alpha value is -2.67. The summed E-state index contributed by atoms with van der Waals surface area (Å²) in [6, 6.07) is 4.40. The zero-order valence-electron chi connectivity index (χ0n) is 13.6. The number of rotatable bonds is 6. The molecule has 0 saturated carbocycles. The molecule has 0 unspecified atom stereocenters. The molecule has 0 aliphatic carbocycles. The van der Waals surface area contributed by atoms with Crippen molar-refractivity contribution in [2.75, 3.05) is 18.6 Å². The molecule has 1 aromatic carbocycles. The van der Waals surface area contributed by atoms with Crippen molar-refractivity contribution >= 4 is 34.2 Å². The Morgan fingerprint density at radius 2 is 2.17 bits per heavy atom. The van der Waals surface area contributed by atoms with E-state index in [-0.39, 0.29) is 23.2 Å². The number of carbonyl (C=O) groups excluding carboxylic acids is 2. The van der Waals surface area contributed by atoms with Gasteiger partial charge in [0.1, 0.15) is 0 Å². The summed E-state index contributed by atoms with van der Waals surface area (Å²) in [7, 11) is 1.42. The first-order chi connectivity index (χ1) is 11.5. The van der Waals surface area contributed by atoms with E-state index in [0.29, 0.717) is 22.9 Å². The minimum atomic E-state index is -0.234. The Balaban J connectivity index is 2.15. The van der Waals surface area contributed by atoms with Gasteiger partial charge in [-0.3, -0.25) is 14.5 Å². The quantitative estimate of drug-likeness (QED) is 0.642. The Morgan fingerprint density at radius 1 is 1.42 bits per heavy atom. The number of carbonyl (C=O) groups is 2. The number of hydrogen-bond donors (Lipinski definition) is 1. The number of ether oxygens (including phenoxy) is 1. The van der Waals surface area contributed by atoms with E-state index in [1.54, 1.807) is 16.4 Å². The first-order valence-corrected chi connectivity index (χ1v) is 8.17. The lowest BCUT2D eigenvalue weighted by Gasteiger charge is -2.14. The number of aromatic nitrogens is 1. The zero-order chi connectivity index (χ0) is 17.7. The topological polar surface area (TPSA) is 79.7 Å². The number of hydrogen-bond acceptors (Lipinski definition) is 6. The molecule has 1 aromatic heterocycles. The number of nitrogens with zero attached hydrogens (tertiary/aromatic N) is 2. The van der Waals surface area contributed by atoms with Crippen LogP contribution in [0.15, 0.2) is 29.7 Å². The van der Waals surface area contributed by atoms with Gasteiger partial charge < -0.3 is 9.84 Å². The summed E-state index contributed by atoms with van der Waals surface area (Å²) in [5, 5.41) is 11.9. The molecule has 0 saturated heterocycles. The molecule has 2 rings (SSSR count). The molecule has 0 atom stereocenters. The average Bonchev–Trinajstić information content (AvgIpc) is 3.02. The number of methoxy groups -OCH3 is 1. The molecule has 7 heteroatoms. The Labute approximate surface area is 144 Å². The van der Waals surface area contributed by atoms with Gasteiger partial charge in [0, 0.05) is 24.4 Å². The predicted molar refractivity (Wildman–Crippen MR) is 93.8 cm³/mol. The highest BCUT2D eigenvalue weighted by atomic mass is 32.1. The largest absolute Gasteiger partial charge is 0.504 e. The van der Waals surface area contributed by atoms with E-state index >= 15 is 0 Å². The van der Waals surface area contributed by atoms with Crippen LogP contribution in [0.3, 0.4) is 0 Å². The van der Waals surface area contributed by atoms with Crippen molar-refractivity contribution in [1.82, 2.24) is 4.98 Å². The molecular weight excluding hydrogens is 328 g/mol. The van der Waals surface area contributed by atoms with E-state index in [4.69, 9.17) is 4.74 Å². The maximum Gasteiger partial charge on any atom is 0.225 e. The van der Waals surface area contributed by atoms with Crippen LogP contribution in [-0.2, 0) is 4.79 Å². The number of ketones is 1. The van der Waals surface area contributed by atoms with Crippen LogP contribution in [0.25, 0.3) is 6.08 Å². The van der Waals surface area contributed by atoms with Crippen molar-refractivity contribution < 1.29 is 19.4 Å². The van der Waals surface area contributed by atoms with Crippen LogP contribution in [-0.4, -0.2) is 35.4 Å². The smallest absolute Gasteiger partial charge is 0.225 e. The Morgan fingerprint density at radius 3 is 2.79 bits per heavy atom. The molecule has 0 aliphatic heterocycles. The normalized spacial score (nSPS) is 10.8. The zero-order valence-corrected chi connectivity index (χ0v) is 14.5. The third-order valence-electron chi connectivity index (χ3n) is 3.31. The molecule has 6 nitrogen and oxygen atoms in total. The molecule has 126 valence electrons. The lowest BCUT2D eigenvalue weighted by atomic mass is 10.1. The number of anilines is 1. The van der Waals surface area contributed by atoms with Crippen molar-refractivity contribution in [1.29, 1.82) is 0 Å². The molecule has 1 heterocycles. The van der Waals surface area contributed by atoms with Gasteiger partial charge in [-0.25, -0.2) is 4.98 Å². The van der Waals surface area contributed by atoms with Gasteiger partial charge in [0.15, 0.2) is 22.4 Å². The summed E-state index contributed by atoms with van der Waals surface area (Å²) in [6.45, 7) is 3.90. The summed E-state index contributed by atoms with van der Waals surface area (Å²) in [4.78, 5) is 29.6. The monoisotopic (exact) mass is 346 g/mol. The van der Waals surface area contributed by atoms with Crippen LogP contribution >= 0.6 is 11.3 Å². The SMILES string of the molecule is CCN(C(C)=O)c1nc(/C=C/C(=O)c2ccc(O)c(OC)c2)cs1. The molecule has 0 radical (unpaired) electrons. The molecule has 24 heavy (non-hydrogen) atoms. The van der Waals surface area contributed by atoms with Crippen LogP contribution in [0.1, 0.15) is 29.9 Å². The molecule has 0 fully saturated rings. The van der Waals surface area contributed by atoms with E-state index in [9.17, 15) is 14.7 Å². The van der Waals surface area contributed by atoms with E-state index in [1.807, 2.05) is 6.92 Å². The fourth-order valence-electron chi connectivity index (χ4n) is 2.06. The van der Waals surface area contributed by atoms with Crippen LogP contribution in [0, 0.1) is 0 Å².